The van der Waals surface area contributed by atoms with Gasteiger partial charge < -0.3 is 15.4 Å². The highest BCUT2D eigenvalue weighted by atomic mass is 35.5. The minimum Gasteiger partial charge on any atom is -0.487 e. The Kier molecular flexibility index (Phi) is 7.95. The van der Waals surface area contributed by atoms with E-state index in [1.165, 1.54) is 5.56 Å². The van der Waals surface area contributed by atoms with Gasteiger partial charge in [0.15, 0.2) is 0 Å². The Morgan fingerprint density at radius 1 is 0.957 bits per heavy atom. The maximum absolute atomic E-state index is 6.31. The van der Waals surface area contributed by atoms with Crippen LogP contribution in [-0.4, -0.2) is 19.6 Å². The lowest BCUT2D eigenvalue weighted by atomic mass is 10.2. The SMILES string of the molecule is CCNCCCNCc1ccc(OCc2ccccc2)c(Cl)c1. The molecule has 0 aliphatic carbocycles. The van der Waals surface area contributed by atoms with Crippen LogP contribution in [0, 0.1) is 0 Å². The standard InChI is InChI=1S/C19H25ClN2O/c1-2-21-11-6-12-22-14-17-9-10-19(18(20)13-17)23-15-16-7-4-3-5-8-16/h3-5,7-10,13,21-22H,2,6,11-12,14-15H2,1H3. The lowest BCUT2D eigenvalue weighted by Gasteiger charge is -2.10. The lowest BCUT2D eigenvalue weighted by molar-refractivity contribution is 0.306. The van der Waals surface area contributed by atoms with Gasteiger partial charge in [0.2, 0.25) is 0 Å². The molecule has 0 unspecified atom stereocenters. The highest BCUT2D eigenvalue weighted by Crippen LogP contribution is 2.26. The molecule has 0 aliphatic rings. The van der Waals surface area contributed by atoms with Crippen LogP contribution in [0.15, 0.2) is 48.5 Å². The predicted octanol–water partition coefficient (Wildman–Crippen LogP) is 4.01. The predicted molar refractivity (Wildman–Crippen MR) is 97.1 cm³/mol. The first-order chi connectivity index (χ1) is 11.3. The molecule has 2 aromatic rings. The van der Waals surface area contributed by atoms with Gasteiger partial charge in [0, 0.05) is 6.54 Å². The van der Waals surface area contributed by atoms with E-state index in [1.54, 1.807) is 0 Å². The summed E-state index contributed by atoms with van der Waals surface area (Å²) in [5.74, 6) is 0.728. The average Bonchev–Trinajstić information content (AvgIpc) is 2.58. The van der Waals surface area contributed by atoms with Crippen molar-refractivity contribution in [2.75, 3.05) is 19.6 Å². The van der Waals surface area contributed by atoms with E-state index in [1.807, 2.05) is 42.5 Å². The summed E-state index contributed by atoms with van der Waals surface area (Å²) in [5.41, 5.74) is 2.31. The molecule has 0 bridgehead atoms. The van der Waals surface area contributed by atoms with Crippen molar-refractivity contribution >= 4 is 11.6 Å². The maximum atomic E-state index is 6.31. The molecule has 0 radical (unpaired) electrons. The van der Waals surface area contributed by atoms with Crippen molar-refractivity contribution in [3.05, 3.63) is 64.7 Å². The van der Waals surface area contributed by atoms with E-state index in [9.17, 15) is 0 Å². The number of ether oxygens (including phenoxy) is 1. The second kappa shape index (κ2) is 10.3. The van der Waals surface area contributed by atoms with Crippen molar-refractivity contribution in [2.45, 2.75) is 26.5 Å². The van der Waals surface area contributed by atoms with Gasteiger partial charge in [-0.15, -0.1) is 0 Å². The molecule has 0 saturated heterocycles. The summed E-state index contributed by atoms with van der Waals surface area (Å²) in [7, 11) is 0. The Labute approximate surface area is 144 Å². The zero-order valence-corrected chi connectivity index (χ0v) is 14.4. The topological polar surface area (TPSA) is 33.3 Å². The smallest absolute Gasteiger partial charge is 0.138 e. The zero-order valence-electron chi connectivity index (χ0n) is 13.6. The van der Waals surface area contributed by atoms with E-state index >= 15 is 0 Å². The summed E-state index contributed by atoms with van der Waals surface area (Å²) in [6.45, 7) is 6.55. The molecule has 0 heterocycles. The third-order valence-electron chi connectivity index (χ3n) is 3.52. The monoisotopic (exact) mass is 332 g/mol. The fourth-order valence-corrected chi connectivity index (χ4v) is 2.51. The summed E-state index contributed by atoms with van der Waals surface area (Å²) in [4.78, 5) is 0. The van der Waals surface area contributed by atoms with E-state index in [2.05, 4.69) is 23.6 Å². The van der Waals surface area contributed by atoms with E-state index in [-0.39, 0.29) is 0 Å². The highest BCUT2D eigenvalue weighted by Gasteiger charge is 2.04. The largest absolute Gasteiger partial charge is 0.487 e. The Morgan fingerprint density at radius 3 is 2.48 bits per heavy atom. The van der Waals surface area contributed by atoms with Crippen LogP contribution in [0.4, 0.5) is 0 Å². The van der Waals surface area contributed by atoms with Gasteiger partial charge in [0.05, 0.1) is 5.02 Å². The second-order valence-corrected chi connectivity index (χ2v) is 5.83. The minimum atomic E-state index is 0.530. The van der Waals surface area contributed by atoms with Gasteiger partial charge in [-0.1, -0.05) is 54.9 Å². The Morgan fingerprint density at radius 2 is 1.74 bits per heavy atom. The first kappa shape index (κ1) is 17.8. The Balaban J connectivity index is 1.76. The second-order valence-electron chi connectivity index (χ2n) is 5.42. The number of hydrogen-bond donors (Lipinski definition) is 2. The van der Waals surface area contributed by atoms with Crippen molar-refractivity contribution in [3.63, 3.8) is 0 Å². The van der Waals surface area contributed by atoms with Crippen LogP contribution >= 0.6 is 11.6 Å². The molecule has 4 heteroatoms. The van der Waals surface area contributed by atoms with Crippen LogP contribution in [0.3, 0.4) is 0 Å². The Hall–Kier alpha value is -1.55. The molecule has 0 spiro atoms. The lowest BCUT2D eigenvalue weighted by Crippen LogP contribution is -2.21. The fourth-order valence-electron chi connectivity index (χ4n) is 2.25. The molecular weight excluding hydrogens is 308 g/mol. The van der Waals surface area contributed by atoms with Crippen LogP contribution in [0.2, 0.25) is 5.02 Å². The molecule has 2 aromatic carbocycles. The number of hydrogen-bond acceptors (Lipinski definition) is 3. The number of benzene rings is 2. The summed E-state index contributed by atoms with van der Waals surface area (Å²) in [6, 6.07) is 16.1. The van der Waals surface area contributed by atoms with Crippen molar-refractivity contribution in [1.82, 2.24) is 10.6 Å². The van der Waals surface area contributed by atoms with Gasteiger partial charge in [-0.3, -0.25) is 0 Å². The molecule has 2 rings (SSSR count). The molecule has 0 atom stereocenters. The van der Waals surface area contributed by atoms with Gasteiger partial charge >= 0.3 is 0 Å². The molecule has 0 fully saturated rings. The quantitative estimate of drug-likeness (QED) is 0.645. The van der Waals surface area contributed by atoms with Crippen molar-refractivity contribution in [2.24, 2.45) is 0 Å². The third kappa shape index (κ3) is 6.61. The summed E-state index contributed by atoms with van der Waals surface area (Å²) in [5, 5.41) is 7.40. The summed E-state index contributed by atoms with van der Waals surface area (Å²) in [6.07, 6.45) is 1.12. The van der Waals surface area contributed by atoms with Crippen LogP contribution in [0.5, 0.6) is 5.75 Å². The Bertz CT molecular complexity index is 575. The number of halogens is 1. The molecule has 3 nitrogen and oxygen atoms in total. The number of nitrogens with one attached hydrogen (secondary N) is 2. The summed E-state index contributed by atoms with van der Waals surface area (Å²) < 4.78 is 5.79. The van der Waals surface area contributed by atoms with Crippen molar-refractivity contribution in [3.8, 4) is 5.75 Å². The van der Waals surface area contributed by atoms with Gasteiger partial charge in [-0.25, -0.2) is 0 Å². The van der Waals surface area contributed by atoms with Crippen LogP contribution in [0.25, 0.3) is 0 Å². The van der Waals surface area contributed by atoms with E-state index < -0.39 is 0 Å². The van der Waals surface area contributed by atoms with E-state index in [4.69, 9.17) is 16.3 Å². The third-order valence-corrected chi connectivity index (χ3v) is 3.82. The molecule has 0 aliphatic heterocycles. The van der Waals surface area contributed by atoms with Gasteiger partial charge in [0.25, 0.3) is 0 Å². The van der Waals surface area contributed by atoms with Crippen LogP contribution < -0.4 is 15.4 Å². The maximum Gasteiger partial charge on any atom is 0.138 e. The molecule has 0 aromatic heterocycles. The van der Waals surface area contributed by atoms with Gasteiger partial charge in [-0.05, 0) is 49.3 Å². The molecule has 2 N–H and O–H groups in total. The number of rotatable bonds is 10. The fraction of sp³-hybridized carbons (Fsp3) is 0.368. The molecule has 124 valence electrons. The van der Waals surface area contributed by atoms with Crippen molar-refractivity contribution in [1.29, 1.82) is 0 Å². The normalized spacial score (nSPS) is 10.7. The minimum absolute atomic E-state index is 0.530. The average molecular weight is 333 g/mol. The first-order valence-corrected chi connectivity index (χ1v) is 8.54. The zero-order chi connectivity index (χ0) is 16.3. The molecule has 23 heavy (non-hydrogen) atoms. The van der Waals surface area contributed by atoms with Crippen molar-refractivity contribution < 1.29 is 4.74 Å². The van der Waals surface area contributed by atoms with E-state index in [0.717, 1.165) is 43.9 Å². The molecule has 0 saturated carbocycles. The van der Waals surface area contributed by atoms with Crippen LogP contribution in [-0.2, 0) is 13.2 Å². The molecular formula is C19H25ClN2O. The van der Waals surface area contributed by atoms with E-state index in [0.29, 0.717) is 11.6 Å². The van der Waals surface area contributed by atoms with Gasteiger partial charge in [-0.2, -0.15) is 0 Å². The summed E-state index contributed by atoms with van der Waals surface area (Å²) >= 11 is 6.31. The van der Waals surface area contributed by atoms with Gasteiger partial charge in [0.1, 0.15) is 12.4 Å². The highest BCUT2D eigenvalue weighted by molar-refractivity contribution is 6.32. The first-order valence-electron chi connectivity index (χ1n) is 8.16. The van der Waals surface area contributed by atoms with Crippen LogP contribution in [0.1, 0.15) is 24.5 Å². The molecule has 0 amide bonds.